The molecule has 4 heteroatoms. The molecule has 1 aromatic rings. The van der Waals surface area contributed by atoms with Gasteiger partial charge in [-0.2, -0.15) is 0 Å². The number of hydrogen-bond acceptors (Lipinski definition) is 1. The van der Waals surface area contributed by atoms with E-state index in [-0.39, 0.29) is 11.3 Å². The Hall–Kier alpha value is -0.780. The van der Waals surface area contributed by atoms with E-state index in [9.17, 15) is 4.79 Å². The standard InChI is InChI=1S/C7H5INO2/c8-4-1-2-6(9)5(3-4)7(10)11/h1-3,9H,(H,10,11). The molecule has 0 amide bonds. The number of aromatic carboxylic acids is 1. The molecule has 0 aromatic heterocycles. The average molecular weight is 262 g/mol. The van der Waals surface area contributed by atoms with Crippen LogP contribution in [0, 0.1) is 3.57 Å². The van der Waals surface area contributed by atoms with Crippen molar-refractivity contribution >= 4 is 34.2 Å². The molecule has 0 atom stereocenters. The molecule has 0 aliphatic heterocycles. The molecule has 57 valence electrons. The number of benzene rings is 1. The Kier molecular flexibility index (Phi) is 2.33. The van der Waals surface area contributed by atoms with Crippen LogP contribution in [-0.4, -0.2) is 11.1 Å². The number of hydrogen-bond donors (Lipinski definition) is 1. The zero-order valence-corrected chi connectivity index (χ0v) is 7.62. The summed E-state index contributed by atoms with van der Waals surface area (Å²) in [6, 6.07) is 4.66. The average Bonchev–Trinajstić information content (AvgIpc) is 1.94. The van der Waals surface area contributed by atoms with E-state index in [2.05, 4.69) is 0 Å². The van der Waals surface area contributed by atoms with Crippen LogP contribution in [0.2, 0.25) is 0 Å². The maximum atomic E-state index is 10.5. The van der Waals surface area contributed by atoms with Gasteiger partial charge in [0, 0.05) is 3.57 Å². The molecule has 1 aromatic carbocycles. The summed E-state index contributed by atoms with van der Waals surface area (Å²) >= 11 is 2.01. The molecule has 0 aliphatic rings. The minimum atomic E-state index is -1.05. The molecule has 0 unspecified atom stereocenters. The molecule has 0 saturated carbocycles. The summed E-state index contributed by atoms with van der Waals surface area (Å²) < 4.78 is 0.830. The van der Waals surface area contributed by atoms with Crippen molar-refractivity contribution in [3.05, 3.63) is 27.3 Å². The lowest BCUT2D eigenvalue weighted by Crippen LogP contribution is -1.97. The Labute approximate surface area is 77.4 Å². The van der Waals surface area contributed by atoms with Crippen LogP contribution in [-0.2, 0) is 0 Å². The maximum Gasteiger partial charge on any atom is 0.337 e. The van der Waals surface area contributed by atoms with Gasteiger partial charge in [0.15, 0.2) is 0 Å². The van der Waals surface area contributed by atoms with E-state index in [1.54, 1.807) is 6.07 Å². The van der Waals surface area contributed by atoms with Crippen LogP contribution in [0.3, 0.4) is 0 Å². The summed E-state index contributed by atoms with van der Waals surface area (Å²) in [4.78, 5) is 10.5. The number of nitrogens with one attached hydrogen (secondary N) is 1. The molecule has 0 spiro atoms. The third-order valence-corrected chi connectivity index (χ3v) is 1.88. The molecule has 1 rings (SSSR count). The van der Waals surface area contributed by atoms with Crippen molar-refractivity contribution in [3.8, 4) is 0 Å². The Morgan fingerprint density at radius 3 is 2.64 bits per heavy atom. The maximum absolute atomic E-state index is 10.5. The van der Waals surface area contributed by atoms with Crippen molar-refractivity contribution in [1.29, 1.82) is 0 Å². The minimum absolute atomic E-state index is 0.0527. The fourth-order valence-electron chi connectivity index (χ4n) is 0.693. The van der Waals surface area contributed by atoms with Gasteiger partial charge in [-0.1, -0.05) is 0 Å². The van der Waals surface area contributed by atoms with Gasteiger partial charge in [0.25, 0.3) is 0 Å². The van der Waals surface area contributed by atoms with E-state index in [0.717, 1.165) is 3.57 Å². The van der Waals surface area contributed by atoms with Crippen molar-refractivity contribution in [2.24, 2.45) is 0 Å². The van der Waals surface area contributed by atoms with Crippen molar-refractivity contribution < 1.29 is 9.90 Å². The first-order valence-electron chi connectivity index (χ1n) is 2.85. The van der Waals surface area contributed by atoms with Gasteiger partial charge in [0.2, 0.25) is 0 Å². The van der Waals surface area contributed by atoms with Crippen molar-refractivity contribution in [3.63, 3.8) is 0 Å². The third kappa shape index (κ3) is 1.83. The van der Waals surface area contributed by atoms with Crippen LogP contribution in [0.25, 0.3) is 0 Å². The predicted octanol–water partition coefficient (Wildman–Crippen LogP) is 1.90. The fraction of sp³-hybridized carbons (Fsp3) is 0. The van der Waals surface area contributed by atoms with Crippen LogP contribution in [0.4, 0.5) is 5.69 Å². The molecular weight excluding hydrogens is 257 g/mol. The van der Waals surface area contributed by atoms with Gasteiger partial charge in [-0.3, -0.25) is 0 Å². The normalized spacial score (nSPS) is 9.55. The van der Waals surface area contributed by atoms with Crippen LogP contribution < -0.4 is 5.73 Å². The smallest absolute Gasteiger partial charge is 0.337 e. The van der Waals surface area contributed by atoms with Gasteiger partial charge in [-0.25, -0.2) is 4.79 Å². The SMILES string of the molecule is [NH]c1ccc(I)cc1C(=O)O. The van der Waals surface area contributed by atoms with E-state index in [1.165, 1.54) is 12.1 Å². The van der Waals surface area contributed by atoms with Crippen molar-refractivity contribution in [2.75, 3.05) is 0 Å². The summed E-state index contributed by atoms with van der Waals surface area (Å²) in [6.07, 6.45) is 0. The lowest BCUT2D eigenvalue weighted by Gasteiger charge is -1.98. The van der Waals surface area contributed by atoms with Crippen LogP contribution >= 0.6 is 22.6 Å². The zero-order valence-electron chi connectivity index (χ0n) is 5.47. The summed E-state index contributed by atoms with van der Waals surface area (Å²) in [5.41, 5.74) is 7.32. The monoisotopic (exact) mass is 262 g/mol. The predicted molar refractivity (Wildman–Crippen MR) is 48.9 cm³/mol. The van der Waals surface area contributed by atoms with Gasteiger partial charge in [-0.05, 0) is 40.8 Å². The lowest BCUT2D eigenvalue weighted by molar-refractivity contribution is 0.0697. The number of rotatable bonds is 1. The largest absolute Gasteiger partial charge is 0.478 e. The minimum Gasteiger partial charge on any atom is -0.478 e. The van der Waals surface area contributed by atoms with Crippen LogP contribution in [0.5, 0.6) is 0 Å². The number of carboxylic acid groups (broad SMARTS) is 1. The first-order chi connectivity index (χ1) is 5.11. The Balaban J connectivity index is 3.23. The second kappa shape index (κ2) is 3.08. The van der Waals surface area contributed by atoms with E-state index < -0.39 is 5.97 Å². The molecule has 1 radical (unpaired) electrons. The lowest BCUT2D eigenvalue weighted by atomic mass is 10.2. The first-order valence-corrected chi connectivity index (χ1v) is 3.93. The molecule has 3 nitrogen and oxygen atoms in total. The Bertz CT molecular complexity index is 298. The van der Waals surface area contributed by atoms with Gasteiger partial charge in [0.1, 0.15) is 0 Å². The van der Waals surface area contributed by atoms with Crippen molar-refractivity contribution in [1.82, 2.24) is 5.73 Å². The van der Waals surface area contributed by atoms with Gasteiger partial charge >= 0.3 is 5.97 Å². The quantitative estimate of drug-likeness (QED) is 0.785. The summed E-state index contributed by atoms with van der Waals surface area (Å²) in [6.45, 7) is 0. The molecule has 0 fully saturated rings. The number of halogens is 1. The van der Waals surface area contributed by atoms with E-state index in [0.29, 0.717) is 0 Å². The molecule has 0 bridgehead atoms. The highest BCUT2D eigenvalue weighted by atomic mass is 127. The summed E-state index contributed by atoms with van der Waals surface area (Å²) in [5.74, 6) is -1.05. The summed E-state index contributed by atoms with van der Waals surface area (Å²) in [5, 5.41) is 8.57. The van der Waals surface area contributed by atoms with E-state index in [4.69, 9.17) is 10.8 Å². The highest BCUT2D eigenvalue weighted by Crippen LogP contribution is 2.16. The molecule has 2 N–H and O–H groups in total. The molecule has 0 saturated heterocycles. The van der Waals surface area contributed by atoms with Crippen LogP contribution in [0.15, 0.2) is 18.2 Å². The molecule has 0 aliphatic carbocycles. The number of carbonyl (C=O) groups is 1. The molecule has 0 heterocycles. The second-order valence-electron chi connectivity index (χ2n) is 2.00. The number of carboxylic acids is 1. The second-order valence-corrected chi connectivity index (χ2v) is 3.24. The van der Waals surface area contributed by atoms with Gasteiger partial charge in [-0.15, -0.1) is 0 Å². The molecule has 11 heavy (non-hydrogen) atoms. The van der Waals surface area contributed by atoms with E-state index in [1.807, 2.05) is 22.6 Å². The van der Waals surface area contributed by atoms with Gasteiger partial charge < -0.3 is 10.8 Å². The topological polar surface area (TPSA) is 61.1 Å². The third-order valence-electron chi connectivity index (χ3n) is 1.21. The summed E-state index contributed by atoms with van der Waals surface area (Å²) in [7, 11) is 0. The van der Waals surface area contributed by atoms with Gasteiger partial charge in [0.05, 0.1) is 11.3 Å². The Morgan fingerprint density at radius 2 is 2.18 bits per heavy atom. The molecular formula is C7H5INO2. The zero-order chi connectivity index (χ0) is 8.43. The van der Waals surface area contributed by atoms with E-state index >= 15 is 0 Å². The van der Waals surface area contributed by atoms with Crippen molar-refractivity contribution in [2.45, 2.75) is 0 Å². The first kappa shape index (κ1) is 8.32. The Morgan fingerprint density at radius 1 is 1.55 bits per heavy atom. The highest BCUT2D eigenvalue weighted by Gasteiger charge is 2.07. The highest BCUT2D eigenvalue weighted by molar-refractivity contribution is 14.1. The fourth-order valence-corrected chi connectivity index (χ4v) is 1.18. The van der Waals surface area contributed by atoms with Crippen LogP contribution in [0.1, 0.15) is 10.4 Å².